The minimum atomic E-state index is -3.59. The number of aromatic nitrogens is 3. The monoisotopic (exact) mass is 441 g/mol. The number of sulfonamides is 1. The molecule has 1 heterocycles. The van der Waals surface area contributed by atoms with Crippen LogP contribution in [-0.4, -0.2) is 58.4 Å². The Kier molecular flexibility index (Phi) is 6.56. The molecular formula is C22H27N5O3S. The number of hydrogen-bond acceptors (Lipinski definition) is 5. The van der Waals surface area contributed by atoms with Crippen molar-refractivity contribution in [3.05, 3.63) is 72.3 Å². The average molecular weight is 442 g/mol. The summed E-state index contributed by atoms with van der Waals surface area (Å²) >= 11 is 0. The van der Waals surface area contributed by atoms with Gasteiger partial charge in [-0.3, -0.25) is 4.79 Å². The van der Waals surface area contributed by atoms with Crippen LogP contribution in [0, 0.1) is 0 Å². The maximum Gasteiger partial charge on any atom is 0.254 e. The highest BCUT2D eigenvalue weighted by molar-refractivity contribution is 7.89. The molecule has 0 bridgehead atoms. The predicted molar refractivity (Wildman–Crippen MR) is 118 cm³/mol. The maximum absolute atomic E-state index is 13.0. The molecule has 9 heteroatoms. The molecule has 0 spiro atoms. The smallest absolute Gasteiger partial charge is 0.254 e. The van der Waals surface area contributed by atoms with Gasteiger partial charge in [-0.05, 0) is 62.7 Å². The van der Waals surface area contributed by atoms with Gasteiger partial charge in [0.15, 0.2) is 0 Å². The molecule has 0 aliphatic carbocycles. The van der Waals surface area contributed by atoms with Crippen LogP contribution in [0.15, 0.2) is 66.1 Å². The van der Waals surface area contributed by atoms with Crippen LogP contribution < -0.4 is 0 Å². The highest BCUT2D eigenvalue weighted by Crippen LogP contribution is 2.23. The lowest BCUT2D eigenvalue weighted by Crippen LogP contribution is -2.33. The largest absolute Gasteiger partial charge is 0.335 e. The third-order valence-electron chi connectivity index (χ3n) is 5.47. The van der Waals surface area contributed by atoms with E-state index >= 15 is 0 Å². The van der Waals surface area contributed by atoms with Crippen molar-refractivity contribution < 1.29 is 13.2 Å². The number of amides is 1. The quantitative estimate of drug-likeness (QED) is 0.562. The summed E-state index contributed by atoms with van der Waals surface area (Å²) in [6, 6.07) is 13.5. The van der Waals surface area contributed by atoms with E-state index in [0.717, 1.165) is 11.3 Å². The molecule has 3 rings (SSSR count). The number of nitrogens with zero attached hydrogens (tertiary/aromatic N) is 5. The molecule has 0 fully saturated rings. The van der Waals surface area contributed by atoms with E-state index in [0.29, 0.717) is 5.56 Å². The van der Waals surface area contributed by atoms with Gasteiger partial charge in [-0.15, -0.1) is 0 Å². The number of benzene rings is 2. The van der Waals surface area contributed by atoms with E-state index in [1.807, 2.05) is 45.0 Å². The van der Waals surface area contributed by atoms with Crippen molar-refractivity contribution in [1.29, 1.82) is 0 Å². The first-order valence-electron chi connectivity index (χ1n) is 9.93. The van der Waals surface area contributed by atoms with Crippen molar-refractivity contribution >= 4 is 15.9 Å². The van der Waals surface area contributed by atoms with Crippen LogP contribution in [0.1, 0.15) is 42.7 Å². The molecular weight excluding hydrogens is 414 g/mol. The number of carbonyl (C=O) groups is 1. The first-order valence-corrected chi connectivity index (χ1v) is 11.4. The van der Waals surface area contributed by atoms with Crippen LogP contribution in [-0.2, 0) is 10.0 Å². The molecule has 1 amide bonds. The van der Waals surface area contributed by atoms with Crippen molar-refractivity contribution in [3.8, 4) is 5.69 Å². The summed E-state index contributed by atoms with van der Waals surface area (Å²) in [4.78, 5) is 18.7. The van der Waals surface area contributed by atoms with E-state index in [2.05, 4.69) is 10.1 Å². The third kappa shape index (κ3) is 4.67. The summed E-state index contributed by atoms with van der Waals surface area (Å²) < 4.78 is 28.2. The standard InChI is InChI=1S/C22H27N5O3S/c1-16(2)26(5)31(29,30)21-12-8-19(9-13-21)22(28)25(4)17(3)18-6-10-20(11-7-18)27-15-23-14-24-27/h6-17H,1-5H3. The second kappa shape index (κ2) is 8.99. The summed E-state index contributed by atoms with van der Waals surface area (Å²) in [5, 5.41) is 4.10. The van der Waals surface area contributed by atoms with Crippen molar-refractivity contribution in [2.75, 3.05) is 14.1 Å². The minimum Gasteiger partial charge on any atom is -0.335 e. The first-order chi connectivity index (χ1) is 14.6. The molecule has 0 saturated heterocycles. The minimum absolute atomic E-state index is 0.158. The maximum atomic E-state index is 13.0. The molecule has 0 N–H and O–H groups in total. The molecule has 2 aromatic carbocycles. The SMILES string of the molecule is CC(c1ccc(-n2cncn2)cc1)N(C)C(=O)c1ccc(S(=O)(=O)N(C)C(C)C)cc1. The third-order valence-corrected chi connectivity index (χ3v) is 7.51. The van der Waals surface area contributed by atoms with E-state index < -0.39 is 10.0 Å². The van der Waals surface area contributed by atoms with E-state index in [4.69, 9.17) is 0 Å². The van der Waals surface area contributed by atoms with Gasteiger partial charge in [0, 0.05) is 25.7 Å². The molecule has 0 saturated carbocycles. The molecule has 31 heavy (non-hydrogen) atoms. The van der Waals surface area contributed by atoms with Gasteiger partial charge in [0.25, 0.3) is 5.91 Å². The van der Waals surface area contributed by atoms with Crippen molar-refractivity contribution in [3.63, 3.8) is 0 Å². The Morgan fingerprint density at radius 1 is 0.968 bits per heavy atom. The zero-order valence-electron chi connectivity index (χ0n) is 18.3. The first kappa shape index (κ1) is 22.6. The molecule has 1 aromatic heterocycles. The van der Waals surface area contributed by atoms with Gasteiger partial charge in [0.1, 0.15) is 12.7 Å². The van der Waals surface area contributed by atoms with Crippen molar-refractivity contribution in [2.24, 2.45) is 0 Å². The van der Waals surface area contributed by atoms with Crippen LogP contribution in [0.3, 0.4) is 0 Å². The van der Waals surface area contributed by atoms with Crippen LogP contribution >= 0.6 is 0 Å². The topological polar surface area (TPSA) is 88.4 Å². The molecule has 164 valence electrons. The average Bonchev–Trinajstić information content (AvgIpc) is 3.32. The number of rotatable bonds is 7. The molecule has 0 aliphatic rings. The lowest BCUT2D eigenvalue weighted by Gasteiger charge is -2.26. The van der Waals surface area contributed by atoms with Crippen LogP contribution in [0.4, 0.5) is 0 Å². The van der Waals surface area contributed by atoms with Crippen molar-refractivity contribution in [2.45, 2.75) is 37.8 Å². The Morgan fingerprint density at radius 2 is 1.58 bits per heavy atom. The highest BCUT2D eigenvalue weighted by Gasteiger charge is 2.24. The van der Waals surface area contributed by atoms with Gasteiger partial charge in [-0.1, -0.05) is 12.1 Å². The summed E-state index contributed by atoms with van der Waals surface area (Å²) in [6.07, 6.45) is 3.09. The van der Waals surface area contributed by atoms with E-state index in [1.165, 1.54) is 22.8 Å². The van der Waals surface area contributed by atoms with Crippen molar-refractivity contribution in [1.82, 2.24) is 24.0 Å². The molecule has 0 radical (unpaired) electrons. The van der Waals surface area contributed by atoms with Gasteiger partial charge < -0.3 is 4.90 Å². The second-order valence-corrected chi connectivity index (χ2v) is 9.66. The van der Waals surface area contributed by atoms with E-state index in [9.17, 15) is 13.2 Å². The molecule has 1 unspecified atom stereocenters. The van der Waals surface area contributed by atoms with Gasteiger partial charge in [-0.25, -0.2) is 18.1 Å². The van der Waals surface area contributed by atoms with Gasteiger partial charge in [-0.2, -0.15) is 9.40 Å². The van der Waals surface area contributed by atoms with Gasteiger partial charge in [0.05, 0.1) is 16.6 Å². The van der Waals surface area contributed by atoms with E-state index in [1.54, 1.807) is 42.1 Å². The summed E-state index contributed by atoms with van der Waals surface area (Å²) in [5.41, 5.74) is 2.28. The normalized spacial score (nSPS) is 12.9. The van der Waals surface area contributed by atoms with Gasteiger partial charge >= 0.3 is 0 Å². The fourth-order valence-electron chi connectivity index (χ4n) is 3.06. The fourth-order valence-corrected chi connectivity index (χ4v) is 4.43. The lowest BCUT2D eigenvalue weighted by molar-refractivity contribution is 0.0742. The van der Waals surface area contributed by atoms with Crippen LogP contribution in [0.25, 0.3) is 5.69 Å². The Balaban J connectivity index is 1.75. The number of hydrogen-bond donors (Lipinski definition) is 0. The lowest BCUT2D eigenvalue weighted by atomic mass is 10.1. The molecule has 3 aromatic rings. The zero-order chi connectivity index (χ0) is 22.8. The molecule has 1 atom stereocenters. The fraction of sp³-hybridized carbons (Fsp3) is 0.318. The Bertz CT molecular complexity index is 1120. The highest BCUT2D eigenvalue weighted by atomic mass is 32.2. The Hall–Kier alpha value is -3.04. The van der Waals surface area contributed by atoms with Crippen LogP contribution in [0.2, 0.25) is 0 Å². The Labute approximate surface area is 183 Å². The predicted octanol–water partition coefficient (Wildman–Crippen LogP) is 3.13. The molecule has 8 nitrogen and oxygen atoms in total. The van der Waals surface area contributed by atoms with Crippen LogP contribution in [0.5, 0.6) is 0 Å². The number of carbonyl (C=O) groups excluding carboxylic acids is 1. The Morgan fingerprint density at radius 3 is 2.10 bits per heavy atom. The molecule has 0 aliphatic heterocycles. The summed E-state index contributed by atoms with van der Waals surface area (Å²) in [6.45, 7) is 5.56. The second-order valence-electron chi connectivity index (χ2n) is 7.66. The van der Waals surface area contributed by atoms with E-state index in [-0.39, 0.29) is 22.9 Å². The zero-order valence-corrected chi connectivity index (χ0v) is 19.1. The summed E-state index contributed by atoms with van der Waals surface area (Å²) in [5.74, 6) is -0.186. The van der Waals surface area contributed by atoms with Gasteiger partial charge in [0.2, 0.25) is 10.0 Å². The summed E-state index contributed by atoms with van der Waals surface area (Å²) in [7, 11) is -0.310.